The molecule has 0 aliphatic rings. The van der Waals surface area contributed by atoms with E-state index in [2.05, 4.69) is 30.8 Å². The Kier molecular flexibility index (Phi) is 9.35. The molecule has 2 N–H and O–H groups in total. The smallest absolute Gasteiger partial charge is 0.276 e. The van der Waals surface area contributed by atoms with Crippen molar-refractivity contribution >= 4 is 29.9 Å². The van der Waals surface area contributed by atoms with Crippen LogP contribution in [0.1, 0.15) is 18.3 Å². The van der Waals surface area contributed by atoms with Gasteiger partial charge in [-0.25, -0.2) is 4.99 Å². The predicted octanol–water partition coefficient (Wildman–Crippen LogP) is 3.06. The number of hydrogen-bond acceptors (Lipinski definition) is 6. The van der Waals surface area contributed by atoms with Crippen LogP contribution in [0.25, 0.3) is 11.6 Å². The SMILES string of the molecule is CCNC(=NCc1ccccc1OC)NCCc1noc(-c2ccccn2)n1.I. The van der Waals surface area contributed by atoms with E-state index in [1.54, 1.807) is 13.3 Å². The summed E-state index contributed by atoms with van der Waals surface area (Å²) in [6, 6.07) is 13.4. The summed E-state index contributed by atoms with van der Waals surface area (Å²) < 4.78 is 10.6. The van der Waals surface area contributed by atoms with Crippen LogP contribution in [0, 0.1) is 0 Å². The van der Waals surface area contributed by atoms with Gasteiger partial charge in [0.05, 0.1) is 13.7 Å². The highest BCUT2D eigenvalue weighted by Crippen LogP contribution is 2.18. The molecule has 9 heteroatoms. The number of methoxy groups -OCH3 is 1. The number of aromatic nitrogens is 3. The van der Waals surface area contributed by atoms with Gasteiger partial charge in [0.1, 0.15) is 11.4 Å². The van der Waals surface area contributed by atoms with E-state index >= 15 is 0 Å². The molecule has 1 aromatic carbocycles. The summed E-state index contributed by atoms with van der Waals surface area (Å²) in [6.45, 7) is 3.94. The number of aliphatic imine (C=N–C) groups is 1. The maximum atomic E-state index is 5.37. The normalized spacial score (nSPS) is 10.9. The van der Waals surface area contributed by atoms with E-state index in [9.17, 15) is 0 Å². The van der Waals surface area contributed by atoms with Gasteiger partial charge in [-0.2, -0.15) is 4.98 Å². The molecule has 29 heavy (non-hydrogen) atoms. The first-order valence-corrected chi connectivity index (χ1v) is 9.18. The molecule has 0 unspecified atom stereocenters. The molecule has 0 aliphatic carbocycles. The molecule has 2 aromatic heterocycles. The molecule has 0 radical (unpaired) electrons. The molecule has 8 nitrogen and oxygen atoms in total. The van der Waals surface area contributed by atoms with E-state index in [0.717, 1.165) is 23.8 Å². The second-order valence-electron chi connectivity index (χ2n) is 5.91. The maximum absolute atomic E-state index is 5.37. The number of para-hydroxylation sites is 1. The molecule has 154 valence electrons. The van der Waals surface area contributed by atoms with E-state index < -0.39 is 0 Å². The van der Waals surface area contributed by atoms with Crippen LogP contribution in [0.5, 0.6) is 5.75 Å². The fraction of sp³-hybridized carbons (Fsp3) is 0.300. The summed E-state index contributed by atoms with van der Waals surface area (Å²) in [4.78, 5) is 13.2. The van der Waals surface area contributed by atoms with Gasteiger partial charge in [0.2, 0.25) is 0 Å². The van der Waals surface area contributed by atoms with Gasteiger partial charge in [0.25, 0.3) is 5.89 Å². The number of guanidine groups is 1. The zero-order valence-corrected chi connectivity index (χ0v) is 18.8. The van der Waals surface area contributed by atoms with Crippen LogP contribution in [0.4, 0.5) is 0 Å². The minimum absolute atomic E-state index is 0. The average Bonchev–Trinajstić information content (AvgIpc) is 3.22. The second-order valence-corrected chi connectivity index (χ2v) is 5.91. The van der Waals surface area contributed by atoms with E-state index in [1.807, 2.05) is 49.4 Å². The first-order valence-electron chi connectivity index (χ1n) is 9.18. The van der Waals surface area contributed by atoms with Gasteiger partial charge >= 0.3 is 0 Å². The lowest BCUT2D eigenvalue weighted by Gasteiger charge is -2.11. The third-order valence-corrected chi connectivity index (χ3v) is 3.94. The Balaban J connectivity index is 0.00000300. The Hall–Kier alpha value is -2.69. The van der Waals surface area contributed by atoms with Crippen molar-refractivity contribution in [2.24, 2.45) is 4.99 Å². The van der Waals surface area contributed by atoms with Crippen LogP contribution >= 0.6 is 24.0 Å². The quantitative estimate of drug-likeness (QED) is 0.274. The Labute approximate surface area is 187 Å². The molecule has 0 spiro atoms. The van der Waals surface area contributed by atoms with Gasteiger partial charge in [-0.05, 0) is 25.1 Å². The molecular formula is C20H25IN6O2. The number of pyridine rings is 1. The Morgan fingerprint density at radius 1 is 1.14 bits per heavy atom. The number of benzene rings is 1. The average molecular weight is 508 g/mol. The van der Waals surface area contributed by atoms with Crippen molar-refractivity contribution in [1.82, 2.24) is 25.8 Å². The first-order chi connectivity index (χ1) is 13.8. The lowest BCUT2D eigenvalue weighted by molar-refractivity contribution is 0.410. The molecular weight excluding hydrogens is 483 g/mol. The number of halogens is 1. The lowest BCUT2D eigenvalue weighted by Crippen LogP contribution is -2.38. The van der Waals surface area contributed by atoms with Crippen LogP contribution in [-0.4, -0.2) is 41.3 Å². The minimum atomic E-state index is 0. The summed E-state index contributed by atoms with van der Waals surface area (Å²) in [6.07, 6.45) is 2.30. The number of nitrogens with one attached hydrogen (secondary N) is 2. The fourth-order valence-electron chi connectivity index (χ4n) is 2.58. The summed E-state index contributed by atoms with van der Waals surface area (Å²) >= 11 is 0. The van der Waals surface area contributed by atoms with Crippen molar-refractivity contribution in [3.05, 3.63) is 60.0 Å². The maximum Gasteiger partial charge on any atom is 0.276 e. The monoisotopic (exact) mass is 508 g/mol. The number of nitrogens with zero attached hydrogens (tertiary/aromatic N) is 4. The van der Waals surface area contributed by atoms with Gasteiger partial charge in [-0.3, -0.25) is 4.98 Å². The van der Waals surface area contributed by atoms with Gasteiger partial charge in [0.15, 0.2) is 11.8 Å². The Bertz CT molecular complexity index is 901. The van der Waals surface area contributed by atoms with Crippen molar-refractivity contribution in [3.63, 3.8) is 0 Å². The van der Waals surface area contributed by atoms with Crippen LogP contribution in [0.2, 0.25) is 0 Å². The standard InChI is InChI=1S/C20H24N6O2.HI/c1-3-21-20(24-14-15-8-4-5-10-17(15)27-2)23-13-11-18-25-19(28-26-18)16-9-6-7-12-22-16;/h4-10,12H,3,11,13-14H2,1-2H3,(H2,21,23,24);1H. The van der Waals surface area contributed by atoms with Gasteiger partial charge in [-0.1, -0.05) is 29.4 Å². The van der Waals surface area contributed by atoms with E-state index in [4.69, 9.17) is 9.26 Å². The molecule has 0 saturated carbocycles. The molecule has 0 amide bonds. The number of ether oxygens (including phenoxy) is 1. The fourth-order valence-corrected chi connectivity index (χ4v) is 2.58. The Morgan fingerprint density at radius 2 is 1.97 bits per heavy atom. The molecule has 3 rings (SSSR count). The molecule has 0 atom stereocenters. The molecule has 0 fully saturated rings. The highest BCUT2D eigenvalue weighted by atomic mass is 127. The number of rotatable bonds is 8. The Morgan fingerprint density at radius 3 is 2.72 bits per heavy atom. The van der Waals surface area contributed by atoms with Crippen molar-refractivity contribution in [3.8, 4) is 17.3 Å². The first kappa shape index (κ1) is 22.6. The topological polar surface area (TPSA) is 97.5 Å². The number of hydrogen-bond donors (Lipinski definition) is 2. The van der Waals surface area contributed by atoms with Gasteiger partial charge < -0.3 is 19.9 Å². The summed E-state index contributed by atoms with van der Waals surface area (Å²) in [7, 11) is 1.66. The van der Waals surface area contributed by atoms with E-state index in [0.29, 0.717) is 36.9 Å². The van der Waals surface area contributed by atoms with E-state index in [-0.39, 0.29) is 24.0 Å². The van der Waals surface area contributed by atoms with Crippen LogP contribution in [0.3, 0.4) is 0 Å². The van der Waals surface area contributed by atoms with Gasteiger partial charge in [0, 0.05) is 31.3 Å². The third-order valence-electron chi connectivity index (χ3n) is 3.94. The summed E-state index contributed by atoms with van der Waals surface area (Å²) in [5.41, 5.74) is 1.70. The zero-order chi connectivity index (χ0) is 19.6. The molecule has 2 heterocycles. The molecule has 0 aliphatic heterocycles. The molecule has 3 aromatic rings. The van der Waals surface area contributed by atoms with Crippen molar-refractivity contribution in [2.45, 2.75) is 19.9 Å². The molecule has 0 bridgehead atoms. The summed E-state index contributed by atoms with van der Waals surface area (Å²) in [5.74, 6) is 2.60. The predicted molar refractivity (Wildman–Crippen MR) is 122 cm³/mol. The van der Waals surface area contributed by atoms with Crippen LogP contribution < -0.4 is 15.4 Å². The minimum Gasteiger partial charge on any atom is -0.496 e. The highest BCUT2D eigenvalue weighted by molar-refractivity contribution is 14.0. The lowest BCUT2D eigenvalue weighted by atomic mass is 10.2. The van der Waals surface area contributed by atoms with Crippen molar-refractivity contribution in [2.75, 3.05) is 20.2 Å². The molecule has 0 saturated heterocycles. The largest absolute Gasteiger partial charge is 0.496 e. The van der Waals surface area contributed by atoms with Crippen molar-refractivity contribution in [1.29, 1.82) is 0 Å². The van der Waals surface area contributed by atoms with Crippen LogP contribution in [0.15, 0.2) is 58.2 Å². The summed E-state index contributed by atoms with van der Waals surface area (Å²) in [5, 5.41) is 10.5. The van der Waals surface area contributed by atoms with E-state index in [1.165, 1.54) is 0 Å². The third kappa shape index (κ3) is 6.70. The second kappa shape index (κ2) is 12.0. The van der Waals surface area contributed by atoms with Crippen LogP contribution in [-0.2, 0) is 13.0 Å². The zero-order valence-electron chi connectivity index (χ0n) is 16.5. The van der Waals surface area contributed by atoms with Gasteiger partial charge in [-0.15, -0.1) is 24.0 Å². The van der Waals surface area contributed by atoms with Crippen molar-refractivity contribution < 1.29 is 9.26 Å². The highest BCUT2D eigenvalue weighted by Gasteiger charge is 2.09.